The van der Waals surface area contributed by atoms with Crippen molar-refractivity contribution in [1.29, 1.82) is 0 Å². The summed E-state index contributed by atoms with van der Waals surface area (Å²) in [5.74, 6) is 0.319. The van der Waals surface area contributed by atoms with Gasteiger partial charge >= 0.3 is 0 Å². The molecule has 3 rings (SSSR count). The van der Waals surface area contributed by atoms with Crippen LogP contribution in [0.1, 0.15) is 18.1 Å². The topological polar surface area (TPSA) is 52.8 Å². The van der Waals surface area contributed by atoms with E-state index in [0.717, 1.165) is 16.7 Å². The zero-order chi connectivity index (χ0) is 16.2. The molecule has 0 unspecified atom stereocenters. The molecule has 0 N–H and O–H groups in total. The highest BCUT2D eigenvalue weighted by atomic mass is 19.1. The lowest BCUT2D eigenvalue weighted by molar-refractivity contribution is 0.328. The zero-order valence-corrected chi connectivity index (χ0v) is 13.0. The summed E-state index contributed by atoms with van der Waals surface area (Å²) in [5.41, 5.74) is 3.27. The summed E-state index contributed by atoms with van der Waals surface area (Å²) in [6.45, 7) is 4.73. The van der Waals surface area contributed by atoms with Crippen LogP contribution < -0.4 is 4.74 Å². The van der Waals surface area contributed by atoms with Crippen LogP contribution in [0.4, 0.5) is 4.39 Å². The first-order valence-electron chi connectivity index (χ1n) is 7.38. The smallest absolute Gasteiger partial charge is 0.221 e. The maximum absolute atomic E-state index is 13.5. The van der Waals surface area contributed by atoms with Crippen molar-refractivity contribution < 1.29 is 9.13 Å². The summed E-state index contributed by atoms with van der Waals surface area (Å²) in [6.07, 6.45) is 4.90. The SMILES string of the molecule is CCOc1ncc(Cn2cncn2)cc1-c1ccc(F)c(C)c1. The van der Waals surface area contributed by atoms with Gasteiger partial charge in [-0.1, -0.05) is 6.07 Å². The monoisotopic (exact) mass is 312 g/mol. The van der Waals surface area contributed by atoms with E-state index in [1.165, 1.54) is 12.4 Å². The van der Waals surface area contributed by atoms with Gasteiger partial charge in [-0.15, -0.1) is 0 Å². The Hall–Kier alpha value is -2.76. The Kier molecular flexibility index (Phi) is 4.32. The first kappa shape index (κ1) is 15.1. The van der Waals surface area contributed by atoms with Gasteiger partial charge < -0.3 is 4.74 Å². The van der Waals surface area contributed by atoms with Gasteiger partial charge in [0.1, 0.15) is 18.5 Å². The molecule has 118 valence electrons. The Bertz CT molecular complexity index is 802. The Morgan fingerprint density at radius 3 is 2.83 bits per heavy atom. The number of ether oxygens (including phenoxy) is 1. The van der Waals surface area contributed by atoms with E-state index in [1.54, 1.807) is 36.3 Å². The van der Waals surface area contributed by atoms with Gasteiger partial charge in [-0.2, -0.15) is 5.10 Å². The minimum atomic E-state index is -0.224. The lowest BCUT2D eigenvalue weighted by atomic mass is 10.0. The molecule has 0 aliphatic heterocycles. The van der Waals surface area contributed by atoms with Crippen molar-refractivity contribution in [3.63, 3.8) is 0 Å². The molecule has 0 amide bonds. The third-order valence-electron chi connectivity index (χ3n) is 3.47. The average molecular weight is 312 g/mol. The van der Waals surface area contributed by atoms with Gasteiger partial charge in [0.2, 0.25) is 5.88 Å². The molecular formula is C17H17FN4O. The summed E-state index contributed by atoms with van der Waals surface area (Å²) in [7, 11) is 0. The molecule has 0 fully saturated rings. The zero-order valence-electron chi connectivity index (χ0n) is 13.0. The number of hydrogen-bond acceptors (Lipinski definition) is 4. The fourth-order valence-electron chi connectivity index (χ4n) is 2.35. The minimum Gasteiger partial charge on any atom is -0.478 e. The van der Waals surface area contributed by atoms with Crippen LogP contribution in [0.2, 0.25) is 0 Å². The van der Waals surface area contributed by atoms with E-state index in [1.807, 2.05) is 13.0 Å². The fourth-order valence-corrected chi connectivity index (χ4v) is 2.35. The fraction of sp³-hybridized carbons (Fsp3) is 0.235. The van der Waals surface area contributed by atoms with Crippen LogP contribution in [0, 0.1) is 12.7 Å². The molecule has 5 nitrogen and oxygen atoms in total. The maximum Gasteiger partial charge on any atom is 0.221 e. The van der Waals surface area contributed by atoms with Crippen LogP contribution >= 0.6 is 0 Å². The second kappa shape index (κ2) is 6.56. The van der Waals surface area contributed by atoms with Crippen molar-refractivity contribution in [1.82, 2.24) is 19.7 Å². The number of pyridine rings is 1. The maximum atomic E-state index is 13.5. The number of hydrogen-bond donors (Lipinski definition) is 0. The summed E-state index contributed by atoms with van der Waals surface area (Å²) >= 11 is 0. The van der Waals surface area contributed by atoms with Crippen molar-refractivity contribution in [2.24, 2.45) is 0 Å². The highest BCUT2D eigenvalue weighted by molar-refractivity contribution is 5.69. The van der Waals surface area contributed by atoms with Gasteiger partial charge in [0.15, 0.2) is 0 Å². The number of aromatic nitrogens is 4. The number of benzene rings is 1. The summed E-state index contributed by atoms with van der Waals surface area (Å²) in [4.78, 5) is 8.33. The molecular weight excluding hydrogens is 295 g/mol. The third-order valence-corrected chi connectivity index (χ3v) is 3.47. The van der Waals surface area contributed by atoms with Crippen molar-refractivity contribution in [2.45, 2.75) is 20.4 Å². The van der Waals surface area contributed by atoms with E-state index >= 15 is 0 Å². The summed E-state index contributed by atoms with van der Waals surface area (Å²) in [6, 6.07) is 6.99. The molecule has 6 heteroatoms. The van der Waals surface area contributed by atoms with E-state index in [2.05, 4.69) is 15.1 Å². The quantitative estimate of drug-likeness (QED) is 0.726. The molecule has 1 aromatic carbocycles. The molecule has 0 spiro atoms. The Labute approximate surface area is 133 Å². The standard InChI is InChI=1S/C17H17FN4O/c1-3-23-17-15(14-4-5-16(18)12(2)6-14)7-13(8-20-17)9-22-11-19-10-21-22/h4-8,10-11H,3,9H2,1-2H3. The van der Waals surface area contributed by atoms with Gasteiger partial charge in [-0.05, 0) is 48.7 Å². The number of aryl methyl sites for hydroxylation is 1. The Morgan fingerprint density at radius 1 is 1.26 bits per heavy atom. The van der Waals surface area contributed by atoms with E-state index in [4.69, 9.17) is 4.74 Å². The number of nitrogens with zero attached hydrogens (tertiary/aromatic N) is 4. The van der Waals surface area contributed by atoms with E-state index < -0.39 is 0 Å². The van der Waals surface area contributed by atoms with Gasteiger partial charge in [-0.25, -0.2) is 19.0 Å². The van der Waals surface area contributed by atoms with Crippen LogP contribution in [0.25, 0.3) is 11.1 Å². The van der Waals surface area contributed by atoms with E-state index in [9.17, 15) is 4.39 Å². The molecule has 2 heterocycles. The van der Waals surface area contributed by atoms with Crippen LogP contribution in [0.5, 0.6) is 5.88 Å². The second-order valence-electron chi connectivity index (χ2n) is 5.19. The number of halogens is 1. The molecule has 2 aromatic heterocycles. The van der Waals surface area contributed by atoms with Crippen molar-refractivity contribution in [2.75, 3.05) is 6.61 Å². The molecule has 0 atom stereocenters. The molecule has 3 aromatic rings. The first-order chi connectivity index (χ1) is 11.2. The first-order valence-corrected chi connectivity index (χ1v) is 7.38. The van der Waals surface area contributed by atoms with Crippen LogP contribution in [-0.2, 0) is 6.54 Å². The molecule has 0 saturated heterocycles. The predicted octanol–water partition coefficient (Wildman–Crippen LogP) is 3.23. The van der Waals surface area contributed by atoms with Gasteiger partial charge in [0.05, 0.1) is 13.2 Å². The summed E-state index contributed by atoms with van der Waals surface area (Å²) < 4.78 is 20.9. The average Bonchev–Trinajstić information content (AvgIpc) is 3.05. The van der Waals surface area contributed by atoms with Gasteiger partial charge in [0.25, 0.3) is 0 Å². The summed E-state index contributed by atoms with van der Waals surface area (Å²) in [5, 5.41) is 4.10. The third kappa shape index (κ3) is 3.36. The van der Waals surface area contributed by atoms with Crippen molar-refractivity contribution >= 4 is 0 Å². The highest BCUT2D eigenvalue weighted by Crippen LogP contribution is 2.30. The molecule has 23 heavy (non-hydrogen) atoms. The highest BCUT2D eigenvalue weighted by Gasteiger charge is 2.11. The normalized spacial score (nSPS) is 10.7. The second-order valence-corrected chi connectivity index (χ2v) is 5.19. The molecule has 0 aliphatic carbocycles. The van der Waals surface area contributed by atoms with Crippen molar-refractivity contribution in [3.05, 3.63) is 60.1 Å². The van der Waals surface area contributed by atoms with Crippen LogP contribution in [0.3, 0.4) is 0 Å². The van der Waals surface area contributed by atoms with Crippen LogP contribution in [0.15, 0.2) is 43.1 Å². The van der Waals surface area contributed by atoms with Crippen molar-refractivity contribution in [3.8, 4) is 17.0 Å². The largest absolute Gasteiger partial charge is 0.478 e. The minimum absolute atomic E-state index is 0.224. The van der Waals surface area contributed by atoms with Gasteiger partial charge in [0, 0.05) is 11.8 Å². The van der Waals surface area contributed by atoms with E-state index in [0.29, 0.717) is 24.6 Å². The van der Waals surface area contributed by atoms with Gasteiger partial charge in [-0.3, -0.25) is 0 Å². The Morgan fingerprint density at radius 2 is 2.13 bits per heavy atom. The molecule has 0 radical (unpaired) electrons. The number of rotatable bonds is 5. The lowest BCUT2D eigenvalue weighted by Gasteiger charge is -2.12. The predicted molar refractivity (Wildman–Crippen MR) is 84.7 cm³/mol. The van der Waals surface area contributed by atoms with Crippen LogP contribution in [-0.4, -0.2) is 26.4 Å². The molecule has 0 saturated carbocycles. The molecule has 0 bridgehead atoms. The Balaban J connectivity index is 2.02. The lowest BCUT2D eigenvalue weighted by Crippen LogP contribution is -2.03. The molecule has 0 aliphatic rings. The van der Waals surface area contributed by atoms with E-state index in [-0.39, 0.29) is 5.82 Å².